The molecule has 0 aliphatic heterocycles. The van der Waals surface area contributed by atoms with E-state index in [-0.39, 0.29) is 11.8 Å². The predicted molar refractivity (Wildman–Crippen MR) is 105 cm³/mol. The summed E-state index contributed by atoms with van der Waals surface area (Å²) >= 11 is 1.57. The molecule has 1 heterocycles. The summed E-state index contributed by atoms with van der Waals surface area (Å²) in [6.07, 6.45) is 9.29. The number of rotatable bonds is 9. The summed E-state index contributed by atoms with van der Waals surface area (Å²) in [4.78, 5) is 25.9. The van der Waals surface area contributed by atoms with Gasteiger partial charge in [0, 0.05) is 10.8 Å². The average Bonchev–Trinajstić information content (AvgIpc) is 2.93. The van der Waals surface area contributed by atoms with Crippen molar-refractivity contribution in [1.82, 2.24) is 0 Å². The molecule has 2 rings (SSSR count). The van der Waals surface area contributed by atoms with Gasteiger partial charge in [0.1, 0.15) is 5.00 Å². The second kappa shape index (κ2) is 9.37. The molecule has 2 amide bonds. The lowest BCUT2D eigenvalue weighted by molar-refractivity contribution is -0.120. The van der Waals surface area contributed by atoms with Crippen LogP contribution in [0.1, 0.15) is 86.5 Å². The van der Waals surface area contributed by atoms with Gasteiger partial charge in [0.15, 0.2) is 0 Å². The lowest BCUT2D eigenvalue weighted by Crippen LogP contribution is -2.24. The molecule has 1 aliphatic carbocycles. The van der Waals surface area contributed by atoms with Gasteiger partial charge in [0.2, 0.25) is 5.91 Å². The summed E-state index contributed by atoms with van der Waals surface area (Å²) in [5.41, 5.74) is 7.31. The summed E-state index contributed by atoms with van der Waals surface area (Å²) in [6, 6.07) is 0. The van der Waals surface area contributed by atoms with Crippen molar-refractivity contribution in [1.29, 1.82) is 0 Å². The Kier molecular flexibility index (Phi) is 7.48. The first-order valence-electron chi connectivity index (χ1n) is 9.76. The third-order valence-corrected chi connectivity index (χ3v) is 6.49. The SMILES string of the molecule is CCCC[C@H](CC)C(=O)Nc1sc2c(c1C(N)=O)CC[C@@H](CCC)C2. The number of anilines is 1. The molecule has 4 nitrogen and oxygen atoms in total. The van der Waals surface area contributed by atoms with Crippen molar-refractivity contribution >= 4 is 28.2 Å². The molecule has 3 N–H and O–H groups in total. The number of primary amides is 1. The molecule has 5 heteroatoms. The third-order valence-electron chi connectivity index (χ3n) is 5.32. The van der Waals surface area contributed by atoms with Gasteiger partial charge in [0.25, 0.3) is 5.91 Å². The molecule has 0 saturated heterocycles. The molecular formula is C20H32N2O2S. The molecule has 1 aliphatic rings. The molecule has 0 spiro atoms. The molecule has 25 heavy (non-hydrogen) atoms. The zero-order chi connectivity index (χ0) is 18.4. The van der Waals surface area contributed by atoms with Gasteiger partial charge in [-0.25, -0.2) is 0 Å². The molecule has 0 saturated carbocycles. The highest BCUT2D eigenvalue weighted by Crippen LogP contribution is 2.40. The van der Waals surface area contributed by atoms with Crippen molar-refractivity contribution in [3.63, 3.8) is 0 Å². The summed E-state index contributed by atoms with van der Waals surface area (Å²) in [6.45, 7) is 6.39. The molecule has 2 atom stereocenters. The number of fused-ring (bicyclic) bond motifs is 1. The minimum absolute atomic E-state index is 0.00708. The quantitative estimate of drug-likeness (QED) is 0.653. The summed E-state index contributed by atoms with van der Waals surface area (Å²) in [5, 5.41) is 3.71. The lowest BCUT2D eigenvalue weighted by Gasteiger charge is -2.21. The van der Waals surface area contributed by atoms with E-state index in [1.807, 2.05) is 6.92 Å². The van der Waals surface area contributed by atoms with E-state index >= 15 is 0 Å². The van der Waals surface area contributed by atoms with Gasteiger partial charge in [-0.05, 0) is 43.6 Å². The number of amides is 2. The molecule has 1 aromatic rings. The van der Waals surface area contributed by atoms with Crippen LogP contribution in [0.25, 0.3) is 0 Å². The normalized spacial score (nSPS) is 17.8. The van der Waals surface area contributed by atoms with Gasteiger partial charge in [-0.1, -0.05) is 46.5 Å². The van der Waals surface area contributed by atoms with Gasteiger partial charge >= 0.3 is 0 Å². The van der Waals surface area contributed by atoms with Crippen LogP contribution in [0.4, 0.5) is 5.00 Å². The van der Waals surface area contributed by atoms with Gasteiger partial charge in [-0.2, -0.15) is 0 Å². The van der Waals surface area contributed by atoms with E-state index in [1.165, 1.54) is 17.7 Å². The Morgan fingerprint density at radius 3 is 2.64 bits per heavy atom. The molecular weight excluding hydrogens is 332 g/mol. The predicted octanol–water partition coefficient (Wildman–Crippen LogP) is 4.91. The number of carbonyl (C=O) groups excluding carboxylic acids is 2. The summed E-state index contributed by atoms with van der Waals surface area (Å²) in [7, 11) is 0. The number of unbranched alkanes of at least 4 members (excludes halogenated alkanes) is 1. The Balaban J connectivity index is 2.20. The second-order valence-electron chi connectivity index (χ2n) is 7.21. The molecule has 0 unspecified atom stereocenters. The molecule has 0 fully saturated rings. The average molecular weight is 365 g/mol. The number of carbonyl (C=O) groups is 2. The van der Waals surface area contributed by atoms with Gasteiger partial charge < -0.3 is 11.1 Å². The summed E-state index contributed by atoms with van der Waals surface area (Å²) < 4.78 is 0. The number of thiophene rings is 1. The Labute approximate surface area is 155 Å². The Bertz CT molecular complexity index is 609. The van der Waals surface area contributed by atoms with Gasteiger partial charge in [0.05, 0.1) is 5.56 Å². The van der Waals surface area contributed by atoms with E-state index in [2.05, 4.69) is 19.2 Å². The van der Waals surface area contributed by atoms with Crippen molar-refractivity contribution in [2.75, 3.05) is 5.32 Å². The van der Waals surface area contributed by atoms with E-state index in [1.54, 1.807) is 11.3 Å². The topological polar surface area (TPSA) is 72.2 Å². The van der Waals surface area contributed by atoms with Crippen LogP contribution >= 0.6 is 11.3 Å². The first-order valence-corrected chi connectivity index (χ1v) is 10.6. The van der Waals surface area contributed by atoms with Crippen LogP contribution in [-0.2, 0) is 17.6 Å². The molecule has 1 aromatic heterocycles. The standard InChI is InChI=1S/C20H32N2O2S/c1-4-7-9-14(6-3)19(24)22-20-17(18(21)23)15-11-10-13(8-5-2)12-16(15)25-20/h13-14H,4-12H2,1-3H3,(H2,21,23)(H,22,24)/t13-,14+/m1/s1. The van der Waals surface area contributed by atoms with E-state index < -0.39 is 5.91 Å². The first kappa shape index (κ1) is 20.0. The smallest absolute Gasteiger partial charge is 0.251 e. The Morgan fingerprint density at radius 2 is 2.04 bits per heavy atom. The molecule has 0 radical (unpaired) electrons. The minimum atomic E-state index is -0.414. The van der Waals surface area contributed by atoms with Crippen LogP contribution in [0, 0.1) is 11.8 Å². The highest BCUT2D eigenvalue weighted by atomic mass is 32.1. The van der Waals surface area contributed by atoms with Crippen LogP contribution in [0.15, 0.2) is 0 Å². The minimum Gasteiger partial charge on any atom is -0.365 e. The molecule has 140 valence electrons. The first-order chi connectivity index (χ1) is 12.0. The van der Waals surface area contributed by atoms with Crippen LogP contribution in [-0.4, -0.2) is 11.8 Å². The second-order valence-corrected chi connectivity index (χ2v) is 8.31. The largest absolute Gasteiger partial charge is 0.365 e. The fourth-order valence-electron chi connectivity index (χ4n) is 3.84. The number of nitrogens with two attached hydrogens (primary N) is 1. The van der Waals surface area contributed by atoms with E-state index in [0.717, 1.165) is 50.5 Å². The van der Waals surface area contributed by atoms with Crippen LogP contribution < -0.4 is 11.1 Å². The van der Waals surface area contributed by atoms with Crippen molar-refractivity contribution in [3.05, 3.63) is 16.0 Å². The maximum atomic E-state index is 12.6. The monoisotopic (exact) mass is 364 g/mol. The molecule has 0 bridgehead atoms. The maximum Gasteiger partial charge on any atom is 0.251 e. The number of hydrogen-bond donors (Lipinski definition) is 2. The molecule has 0 aromatic carbocycles. The third kappa shape index (κ3) is 4.84. The van der Waals surface area contributed by atoms with Gasteiger partial charge in [-0.15, -0.1) is 11.3 Å². The zero-order valence-corrected chi connectivity index (χ0v) is 16.6. The van der Waals surface area contributed by atoms with E-state index in [4.69, 9.17) is 5.73 Å². The number of hydrogen-bond acceptors (Lipinski definition) is 3. The lowest BCUT2D eigenvalue weighted by atomic mass is 9.84. The van der Waals surface area contributed by atoms with Crippen LogP contribution in [0.5, 0.6) is 0 Å². The Hall–Kier alpha value is -1.36. The highest BCUT2D eigenvalue weighted by Gasteiger charge is 2.29. The number of nitrogens with one attached hydrogen (secondary N) is 1. The fourth-order valence-corrected chi connectivity index (χ4v) is 5.21. The van der Waals surface area contributed by atoms with E-state index in [9.17, 15) is 9.59 Å². The van der Waals surface area contributed by atoms with E-state index in [0.29, 0.717) is 16.5 Å². The van der Waals surface area contributed by atoms with Crippen molar-refractivity contribution < 1.29 is 9.59 Å². The van der Waals surface area contributed by atoms with Crippen LogP contribution in [0.3, 0.4) is 0 Å². The van der Waals surface area contributed by atoms with Crippen molar-refractivity contribution in [3.8, 4) is 0 Å². The summed E-state index contributed by atoms with van der Waals surface area (Å²) in [5.74, 6) is 0.312. The fraction of sp³-hybridized carbons (Fsp3) is 0.700. The zero-order valence-electron chi connectivity index (χ0n) is 15.8. The van der Waals surface area contributed by atoms with Crippen LogP contribution in [0.2, 0.25) is 0 Å². The van der Waals surface area contributed by atoms with Crippen molar-refractivity contribution in [2.45, 2.75) is 78.6 Å². The van der Waals surface area contributed by atoms with Crippen molar-refractivity contribution in [2.24, 2.45) is 17.6 Å². The maximum absolute atomic E-state index is 12.6. The van der Waals surface area contributed by atoms with Gasteiger partial charge in [-0.3, -0.25) is 9.59 Å². The highest BCUT2D eigenvalue weighted by molar-refractivity contribution is 7.17. The Morgan fingerprint density at radius 1 is 1.28 bits per heavy atom.